The number of ether oxygens (including phenoxy) is 1. The Morgan fingerprint density at radius 3 is 2.64 bits per heavy atom. The molecule has 0 saturated carbocycles. The second-order valence-electron chi connectivity index (χ2n) is 9.40. The molecule has 0 radical (unpaired) electrons. The summed E-state index contributed by atoms with van der Waals surface area (Å²) in [5.41, 5.74) is 3.47. The summed E-state index contributed by atoms with van der Waals surface area (Å²) in [4.78, 5) is 35.5. The number of nitrogens with zero attached hydrogens (tertiary/aromatic N) is 2. The van der Waals surface area contributed by atoms with Crippen LogP contribution in [-0.4, -0.2) is 45.9 Å². The summed E-state index contributed by atoms with van der Waals surface area (Å²) < 4.78 is 5.43. The van der Waals surface area contributed by atoms with Crippen LogP contribution in [0.1, 0.15) is 39.3 Å². The maximum atomic E-state index is 13.7. The van der Waals surface area contributed by atoms with Crippen molar-refractivity contribution in [3.05, 3.63) is 89.7 Å². The average Bonchev–Trinajstić information content (AvgIpc) is 3.55. The first kappa shape index (κ1) is 24.8. The number of hydrogen-bond acceptors (Lipinski definition) is 5. The van der Waals surface area contributed by atoms with E-state index in [2.05, 4.69) is 15.3 Å². The number of benzene rings is 3. The van der Waals surface area contributed by atoms with Crippen LogP contribution in [-0.2, 0) is 0 Å². The minimum atomic E-state index is -0.279. The monoisotopic (exact) mass is 540 g/mol. The van der Waals surface area contributed by atoms with Crippen LogP contribution in [0.3, 0.4) is 0 Å². The molecule has 3 heterocycles. The van der Waals surface area contributed by atoms with Crippen molar-refractivity contribution in [3.8, 4) is 11.5 Å². The maximum Gasteiger partial charge on any atom is 0.274 e. The van der Waals surface area contributed by atoms with Crippen LogP contribution in [0.2, 0.25) is 0 Å². The van der Waals surface area contributed by atoms with Gasteiger partial charge in [0, 0.05) is 40.7 Å². The Morgan fingerprint density at radius 1 is 1.13 bits per heavy atom. The van der Waals surface area contributed by atoms with E-state index in [9.17, 15) is 14.7 Å². The van der Waals surface area contributed by atoms with Gasteiger partial charge in [0.15, 0.2) is 0 Å². The number of halogens is 1. The largest absolute Gasteiger partial charge is 0.507 e. The predicted octanol–water partition coefficient (Wildman–Crippen LogP) is 6.06. The Labute approximate surface area is 229 Å². The van der Waals surface area contributed by atoms with Crippen molar-refractivity contribution >= 4 is 56.6 Å². The number of aromatic hydroxyl groups is 1. The number of alkyl halides is 1. The Morgan fingerprint density at radius 2 is 1.90 bits per heavy atom. The van der Waals surface area contributed by atoms with Crippen LogP contribution in [0.25, 0.3) is 21.8 Å². The number of phenolic OH excluding ortho intramolecular Hbond substituents is 1. The van der Waals surface area contributed by atoms with Gasteiger partial charge in [-0.3, -0.25) is 9.59 Å². The van der Waals surface area contributed by atoms with E-state index in [1.807, 2.05) is 31.2 Å². The number of phenols is 1. The zero-order valence-electron chi connectivity index (χ0n) is 21.1. The number of fused-ring (bicyclic) bond motifs is 4. The third-order valence-corrected chi connectivity index (χ3v) is 7.33. The number of carbonyl (C=O) groups is 2. The van der Waals surface area contributed by atoms with Crippen LogP contribution in [0.5, 0.6) is 11.5 Å². The van der Waals surface area contributed by atoms with E-state index in [0.717, 1.165) is 16.3 Å². The van der Waals surface area contributed by atoms with Gasteiger partial charge in [-0.2, -0.15) is 0 Å². The van der Waals surface area contributed by atoms with Gasteiger partial charge in [0.25, 0.3) is 11.8 Å². The van der Waals surface area contributed by atoms with Gasteiger partial charge in [0.2, 0.25) is 0 Å². The Kier molecular flexibility index (Phi) is 6.32. The average molecular weight is 541 g/mol. The van der Waals surface area contributed by atoms with Crippen molar-refractivity contribution in [2.24, 2.45) is 0 Å². The molecule has 1 atom stereocenters. The first-order chi connectivity index (χ1) is 19.0. The number of aromatic nitrogens is 2. The minimum absolute atomic E-state index is 0.0666. The fourth-order valence-electron chi connectivity index (χ4n) is 5.16. The molecule has 196 valence electrons. The summed E-state index contributed by atoms with van der Waals surface area (Å²) in [6, 6.07) is 19.6. The Hall–Kier alpha value is -4.56. The van der Waals surface area contributed by atoms with E-state index in [1.54, 1.807) is 53.6 Å². The first-order valence-corrected chi connectivity index (χ1v) is 13.2. The van der Waals surface area contributed by atoms with Gasteiger partial charge < -0.3 is 25.0 Å². The van der Waals surface area contributed by atoms with Crippen molar-refractivity contribution in [3.63, 3.8) is 0 Å². The number of aromatic amines is 1. The fraction of sp³-hybridized carbons (Fsp3) is 0.167. The lowest BCUT2D eigenvalue weighted by Crippen LogP contribution is -2.30. The van der Waals surface area contributed by atoms with E-state index in [4.69, 9.17) is 16.3 Å². The molecule has 1 aliphatic heterocycles. The summed E-state index contributed by atoms with van der Waals surface area (Å²) in [7, 11) is 0. The van der Waals surface area contributed by atoms with E-state index in [1.165, 1.54) is 0 Å². The third kappa shape index (κ3) is 4.42. The number of H-pyrrole nitrogens is 1. The Balaban J connectivity index is 1.27. The van der Waals surface area contributed by atoms with Crippen molar-refractivity contribution < 1.29 is 19.4 Å². The number of rotatable bonds is 6. The Bertz CT molecular complexity index is 1730. The molecular formula is C30H25ClN4O4. The number of amides is 2. The topological polar surface area (TPSA) is 108 Å². The summed E-state index contributed by atoms with van der Waals surface area (Å²) in [6.07, 6.45) is 1.54. The molecule has 0 unspecified atom stereocenters. The third-order valence-electron chi connectivity index (χ3n) is 6.96. The molecule has 2 aromatic heterocycles. The van der Waals surface area contributed by atoms with Crippen molar-refractivity contribution in [2.75, 3.05) is 29.2 Å². The summed E-state index contributed by atoms with van der Waals surface area (Å²) >= 11 is 6.32. The molecule has 8 nitrogen and oxygen atoms in total. The van der Waals surface area contributed by atoms with E-state index < -0.39 is 0 Å². The van der Waals surface area contributed by atoms with Crippen LogP contribution in [0.4, 0.5) is 11.4 Å². The molecule has 0 bridgehead atoms. The number of pyridine rings is 1. The maximum absolute atomic E-state index is 13.7. The second-order valence-corrected chi connectivity index (χ2v) is 9.71. The van der Waals surface area contributed by atoms with Crippen LogP contribution < -0.4 is 15.0 Å². The normalized spacial score (nSPS) is 14.5. The van der Waals surface area contributed by atoms with Gasteiger partial charge >= 0.3 is 0 Å². The highest BCUT2D eigenvalue weighted by atomic mass is 35.5. The molecular weight excluding hydrogens is 516 g/mol. The molecule has 6 rings (SSSR count). The molecule has 0 aliphatic carbocycles. The molecule has 0 spiro atoms. The number of carbonyl (C=O) groups excluding carboxylic acids is 2. The van der Waals surface area contributed by atoms with Gasteiger partial charge in [-0.05, 0) is 54.3 Å². The summed E-state index contributed by atoms with van der Waals surface area (Å²) in [5, 5.41) is 15.8. The molecule has 0 saturated heterocycles. The highest BCUT2D eigenvalue weighted by Gasteiger charge is 2.35. The standard InChI is InChI=1S/C30H25ClN4O4/c1-2-39-21-9-7-17(8-10-21)29(37)33-20-11-18-12-24(34-28(18)32-15-20)30(38)35-16-19(14-31)27-23-6-4-3-5-22(23)26(36)13-25(27)35/h3-13,15,19,36H,2,14,16H2,1H3,(H,32,34)(H,33,37)/t19-/m1/s1. The molecule has 3 aromatic carbocycles. The van der Waals surface area contributed by atoms with Gasteiger partial charge in [-0.1, -0.05) is 24.3 Å². The highest BCUT2D eigenvalue weighted by Crippen LogP contribution is 2.45. The predicted molar refractivity (Wildman–Crippen MR) is 152 cm³/mol. The van der Waals surface area contributed by atoms with Crippen molar-refractivity contribution in [1.29, 1.82) is 0 Å². The number of hydrogen-bond donors (Lipinski definition) is 3. The van der Waals surface area contributed by atoms with Gasteiger partial charge in [-0.25, -0.2) is 4.98 Å². The highest BCUT2D eigenvalue weighted by molar-refractivity contribution is 6.19. The van der Waals surface area contributed by atoms with Gasteiger partial charge in [0.05, 0.1) is 24.2 Å². The zero-order chi connectivity index (χ0) is 27.1. The second kappa shape index (κ2) is 9.96. The van der Waals surface area contributed by atoms with Gasteiger partial charge in [0.1, 0.15) is 22.8 Å². The minimum Gasteiger partial charge on any atom is -0.507 e. The van der Waals surface area contributed by atoms with Crippen LogP contribution in [0, 0.1) is 0 Å². The van der Waals surface area contributed by atoms with Gasteiger partial charge in [-0.15, -0.1) is 11.6 Å². The van der Waals surface area contributed by atoms with E-state index in [-0.39, 0.29) is 23.5 Å². The fourth-order valence-corrected chi connectivity index (χ4v) is 5.41. The van der Waals surface area contributed by atoms with Crippen LogP contribution >= 0.6 is 11.6 Å². The molecule has 2 amide bonds. The summed E-state index contributed by atoms with van der Waals surface area (Å²) in [5.74, 6) is 0.557. The van der Waals surface area contributed by atoms with E-state index in [0.29, 0.717) is 58.4 Å². The smallest absolute Gasteiger partial charge is 0.274 e. The van der Waals surface area contributed by atoms with Crippen LogP contribution in [0.15, 0.2) is 72.9 Å². The molecule has 39 heavy (non-hydrogen) atoms. The lowest BCUT2D eigenvalue weighted by atomic mass is 9.95. The van der Waals surface area contributed by atoms with Crippen molar-refractivity contribution in [1.82, 2.24) is 9.97 Å². The number of nitrogens with one attached hydrogen (secondary N) is 2. The molecule has 9 heteroatoms. The zero-order valence-corrected chi connectivity index (χ0v) is 21.8. The lowest BCUT2D eigenvalue weighted by molar-refractivity contribution is 0.0983. The van der Waals surface area contributed by atoms with E-state index >= 15 is 0 Å². The quantitative estimate of drug-likeness (QED) is 0.227. The van der Waals surface area contributed by atoms with Crippen molar-refractivity contribution in [2.45, 2.75) is 12.8 Å². The number of anilines is 2. The molecule has 1 aliphatic rings. The molecule has 3 N–H and O–H groups in total. The molecule has 5 aromatic rings. The molecule has 0 fully saturated rings. The first-order valence-electron chi connectivity index (χ1n) is 12.6. The lowest BCUT2D eigenvalue weighted by Gasteiger charge is -2.17. The summed E-state index contributed by atoms with van der Waals surface area (Å²) in [6.45, 7) is 2.85. The SMILES string of the molecule is CCOc1ccc(C(=O)Nc2cnc3[nH]c(C(=O)N4C[C@@H](CCl)c5c4cc(O)c4ccccc54)cc3c2)cc1.